The molecule has 1 aliphatic rings. The Hall–Kier alpha value is -1.86. The number of amides is 1. The molecule has 1 saturated heterocycles. The fraction of sp³-hybridized carbons (Fsp3) is 0.389. The van der Waals surface area contributed by atoms with Crippen LogP contribution in [-0.4, -0.2) is 30.4 Å². The highest BCUT2D eigenvalue weighted by atomic mass is 32.1. The fourth-order valence-electron chi connectivity index (χ4n) is 3.19. The predicted molar refractivity (Wildman–Crippen MR) is 91.6 cm³/mol. The van der Waals surface area contributed by atoms with Crippen LogP contribution in [0.4, 0.5) is 13.2 Å². The summed E-state index contributed by atoms with van der Waals surface area (Å²) in [5, 5.41) is 6.70. The van der Waals surface area contributed by atoms with Gasteiger partial charge in [-0.15, -0.1) is 0 Å². The highest BCUT2D eigenvalue weighted by Gasteiger charge is 2.35. The van der Waals surface area contributed by atoms with Crippen LogP contribution < -0.4 is 5.32 Å². The van der Waals surface area contributed by atoms with Gasteiger partial charge < -0.3 is 5.32 Å². The Labute approximate surface area is 148 Å². The second-order valence-electron chi connectivity index (χ2n) is 6.07. The van der Waals surface area contributed by atoms with Crippen molar-refractivity contribution in [2.24, 2.45) is 0 Å². The molecular formula is C18H19F3N2OS. The number of rotatable bonds is 5. The maximum atomic E-state index is 13.1. The molecule has 7 heteroatoms. The second-order valence-corrected chi connectivity index (χ2v) is 6.85. The molecule has 2 aromatic rings. The molecule has 1 aromatic carbocycles. The number of halogens is 3. The van der Waals surface area contributed by atoms with Crippen LogP contribution >= 0.6 is 11.3 Å². The molecule has 2 heterocycles. The van der Waals surface area contributed by atoms with E-state index < -0.39 is 17.6 Å². The summed E-state index contributed by atoms with van der Waals surface area (Å²) in [6, 6.07) is 6.89. The largest absolute Gasteiger partial charge is 0.417 e. The molecule has 3 rings (SSSR count). The molecule has 1 atom stereocenters. The molecule has 0 aliphatic carbocycles. The summed E-state index contributed by atoms with van der Waals surface area (Å²) in [5.41, 5.74) is -0.141. The van der Waals surface area contributed by atoms with E-state index in [0.717, 1.165) is 37.6 Å². The summed E-state index contributed by atoms with van der Waals surface area (Å²) in [6.07, 6.45) is -2.34. The van der Waals surface area contributed by atoms with Crippen molar-refractivity contribution in [2.75, 3.05) is 19.6 Å². The van der Waals surface area contributed by atoms with Gasteiger partial charge in [0, 0.05) is 6.54 Å². The van der Waals surface area contributed by atoms with Crippen LogP contribution in [0.5, 0.6) is 0 Å². The van der Waals surface area contributed by atoms with Crippen molar-refractivity contribution < 1.29 is 18.0 Å². The van der Waals surface area contributed by atoms with Gasteiger partial charge in [0.05, 0.1) is 17.2 Å². The van der Waals surface area contributed by atoms with Crippen LogP contribution in [0.15, 0.2) is 41.1 Å². The van der Waals surface area contributed by atoms with E-state index in [1.54, 1.807) is 11.3 Å². The highest BCUT2D eigenvalue weighted by Crippen LogP contribution is 2.32. The summed E-state index contributed by atoms with van der Waals surface area (Å²) in [5.74, 6) is -0.688. The zero-order valence-electron chi connectivity index (χ0n) is 13.6. The van der Waals surface area contributed by atoms with Gasteiger partial charge >= 0.3 is 6.18 Å². The van der Waals surface area contributed by atoms with Crippen molar-refractivity contribution in [3.8, 4) is 0 Å². The van der Waals surface area contributed by atoms with E-state index >= 15 is 0 Å². The number of likely N-dealkylation sites (tertiary alicyclic amines) is 1. The molecule has 134 valence electrons. The first kappa shape index (κ1) is 17.9. The molecule has 1 N–H and O–H groups in total. The van der Waals surface area contributed by atoms with Gasteiger partial charge in [-0.1, -0.05) is 12.1 Å². The van der Waals surface area contributed by atoms with Crippen LogP contribution in [0.2, 0.25) is 0 Å². The van der Waals surface area contributed by atoms with Crippen molar-refractivity contribution in [2.45, 2.75) is 25.1 Å². The topological polar surface area (TPSA) is 32.3 Å². The Balaban J connectivity index is 1.74. The first-order chi connectivity index (χ1) is 12.0. The van der Waals surface area contributed by atoms with E-state index in [-0.39, 0.29) is 11.6 Å². The lowest BCUT2D eigenvalue weighted by Crippen LogP contribution is -2.37. The zero-order chi connectivity index (χ0) is 17.9. The molecular weight excluding hydrogens is 349 g/mol. The molecule has 1 amide bonds. The standard InChI is InChI=1S/C18H19F3N2OS/c19-18(20,21)15-6-2-1-5-14(15)17(24)22-11-16(13-7-10-25-12-13)23-8-3-4-9-23/h1-2,5-7,10,12,16H,3-4,8-9,11H2,(H,22,24)/t16-/m1/s1. The third-order valence-electron chi connectivity index (χ3n) is 4.44. The molecule has 0 bridgehead atoms. The summed E-state index contributed by atoms with van der Waals surface area (Å²) in [7, 11) is 0. The number of benzene rings is 1. The summed E-state index contributed by atoms with van der Waals surface area (Å²) < 4.78 is 39.3. The van der Waals surface area contributed by atoms with Gasteiger partial charge in [-0.05, 0) is 60.5 Å². The Morgan fingerprint density at radius 2 is 1.92 bits per heavy atom. The van der Waals surface area contributed by atoms with Crippen molar-refractivity contribution in [3.05, 3.63) is 57.8 Å². The molecule has 3 nitrogen and oxygen atoms in total. The zero-order valence-corrected chi connectivity index (χ0v) is 14.4. The fourth-order valence-corrected chi connectivity index (χ4v) is 3.90. The van der Waals surface area contributed by atoms with Gasteiger partial charge in [-0.3, -0.25) is 9.69 Å². The maximum Gasteiger partial charge on any atom is 0.417 e. The Morgan fingerprint density at radius 1 is 1.20 bits per heavy atom. The van der Waals surface area contributed by atoms with Gasteiger partial charge in [-0.2, -0.15) is 24.5 Å². The SMILES string of the molecule is O=C(NC[C@H](c1ccsc1)N1CCCC1)c1ccccc1C(F)(F)F. The normalized spacial score (nSPS) is 16.8. The van der Waals surface area contributed by atoms with E-state index in [1.165, 1.54) is 18.2 Å². The lowest BCUT2D eigenvalue weighted by molar-refractivity contribution is -0.137. The van der Waals surface area contributed by atoms with Crippen LogP contribution in [-0.2, 0) is 6.18 Å². The third kappa shape index (κ3) is 4.22. The van der Waals surface area contributed by atoms with Crippen LogP contribution in [0.25, 0.3) is 0 Å². The average Bonchev–Trinajstić information content (AvgIpc) is 3.28. The number of hydrogen-bond donors (Lipinski definition) is 1. The molecule has 0 radical (unpaired) electrons. The predicted octanol–water partition coefficient (Wildman–Crippen LogP) is 4.33. The first-order valence-electron chi connectivity index (χ1n) is 8.17. The molecule has 0 unspecified atom stereocenters. The molecule has 0 saturated carbocycles. The molecule has 0 spiro atoms. The smallest absolute Gasteiger partial charge is 0.350 e. The molecule has 25 heavy (non-hydrogen) atoms. The van der Waals surface area contributed by atoms with E-state index in [1.807, 2.05) is 16.8 Å². The number of carbonyl (C=O) groups excluding carboxylic acids is 1. The van der Waals surface area contributed by atoms with Crippen LogP contribution in [0.3, 0.4) is 0 Å². The summed E-state index contributed by atoms with van der Waals surface area (Å²) >= 11 is 1.58. The van der Waals surface area contributed by atoms with Gasteiger partial charge in [0.1, 0.15) is 0 Å². The van der Waals surface area contributed by atoms with Crippen LogP contribution in [0.1, 0.15) is 40.4 Å². The van der Waals surface area contributed by atoms with Crippen LogP contribution in [0, 0.1) is 0 Å². The number of thiophene rings is 1. The number of nitrogens with one attached hydrogen (secondary N) is 1. The molecule has 1 fully saturated rings. The van der Waals surface area contributed by atoms with Gasteiger partial charge in [0.15, 0.2) is 0 Å². The minimum absolute atomic E-state index is 0.00394. The molecule has 1 aromatic heterocycles. The van der Waals surface area contributed by atoms with Gasteiger partial charge in [0.25, 0.3) is 5.91 Å². The Bertz CT molecular complexity index is 709. The molecule has 1 aliphatic heterocycles. The Morgan fingerprint density at radius 3 is 2.56 bits per heavy atom. The minimum Gasteiger partial charge on any atom is -0.350 e. The number of nitrogens with zero attached hydrogens (tertiary/aromatic N) is 1. The lowest BCUT2D eigenvalue weighted by Gasteiger charge is -2.27. The highest BCUT2D eigenvalue weighted by molar-refractivity contribution is 7.07. The minimum atomic E-state index is -4.55. The van der Waals surface area contributed by atoms with Gasteiger partial charge in [-0.25, -0.2) is 0 Å². The summed E-state index contributed by atoms with van der Waals surface area (Å²) in [6.45, 7) is 2.17. The average molecular weight is 368 g/mol. The monoisotopic (exact) mass is 368 g/mol. The quantitative estimate of drug-likeness (QED) is 0.852. The van der Waals surface area contributed by atoms with Crippen molar-refractivity contribution >= 4 is 17.2 Å². The van der Waals surface area contributed by atoms with Gasteiger partial charge in [0.2, 0.25) is 0 Å². The number of alkyl halides is 3. The summed E-state index contributed by atoms with van der Waals surface area (Å²) in [4.78, 5) is 14.6. The lowest BCUT2D eigenvalue weighted by atomic mass is 10.1. The van der Waals surface area contributed by atoms with Crippen molar-refractivity contribution in [1.82, 2.24) is 10.2 Å². The van der Waals surface area contributed by atoms with E-state index in [0.29, 0.717) is 6.54 Å². The van der Waals surface area contributed by atoms with E-state index in [4.69, 9.17) is 0 Å². The van der Waals surface area contributed by atoms with Crippen molar-refractivity contribution in [1.29, 1.82) is 0 Å². The number of carbonyl (C=O) groups is 1. The van der Waals surface area contributed by atoms with E-state index in [2.05, 4.69) is 10.2 Å². The Kier molecular flexibility index (Phi) is 5.44. The van der Waals surface area contributed by atoms with Crippen molar-refractivity contribution in [3.63, 3.8) is 0 Å². The number of hydrogen-bond acceptors (Lipinski definition) is 3. The maximum absolute atomic E-state index is 13.1. The van der Waals surface area contributed by atoms with E-state index in [9.17, 15) is 18.0 Å². The first-order valence-corrected chi connectivity index (χ1v) is 9.11. The third-order valence-corrected chi connectivity index (χ3v) is 5.14. The second kappa shape index (κ2) is 7.58.